The Morgan fingerprint density at radius 3 is 2.13 bits per heavy atom. The van der Waals surface area contributed by atoms with Gasteiger partial charge in [0.1, 0.15) is 11.6 Å². The van der Waals surface area contributed by atoms with Crippen molar-refractivity contribution in [3.05, 3.63) is 71.3 Å². The van der Waals surface area contributed by atoms with Crippen LogP contribution in [0.15, 0.2) is 48.5 Å². The number of benzene rings is 2. The normalized spacial score (nSPS) is 24.1. The number of rotatable bonds is 5. The van der Waals surface area contributed by atoms with Crippen molar-refractivity contribution in [2.75, 3.05) is 26.2 Å². The second-order valence-electron chi connectivity index (χ2n) is 8.47. The number of carbonyl (C=O) groups excluding carboxylic acids is 1. The van der Waals surface area contributed by atoms with E-state index in [0.29, 0.717) is 12.0 Å². The van der Waals surface area contributed by atoms with Crippen molar-refractivity contribution >= 4 is 5.78 Å². The minimum absolute atomic E-state index is 0.0427. The zero-order chi connectivity index (χ0) is 21.1. The molecule has 0 bridgehead atoms. The lowest BCUT2D eigenvalue weighted by Crippen LogP contribution is -2.56. The predicted octanol–water partition coefficient (Wildman–Crippen LogP) is 3.49. The Labute approximate surface area is 176 Å². The molecule has 0 saturated carbocycles. The highest BCUT2D eigenvalue weighted by atomic mass is 19.1. The van der Waals surface area contributed by atoms with Gasteiger partial charge in [-0.15, -0.1) is 0 Å². The van der Waals surface area contributed by atoms with Crippen LogP contribution in [-0.4, -0.2) is 59.0 Å². The smallest absolute Gasteiger partial charge is 0.166 e. The molecule has 2 heterocycles. The summed E-state index contributed by atoms with van der Waals surface area (Å²) in [7, 11) is 0. The highest BCUT2D eigenvalue weighted by Crippen LogP contribution is 2.27. The van der Waals surface area contributed by atoms with Crippen LogP contribution >= 0.6 is 0 Å². The van der Waals surface area contributed by atoms with E-state index in [1.807, 2.05) is 12.1 Å². The third-order valence-electron chi connectivity index (χ3n) is 6.45. The Morgan fingerprint density at radius 1 is 0.900 bits per heavy atom. The quantitative estimate of drug-likeness (QED) is 0.761. The number of halogens is 2. The summed E-state index contributed by atoms with van der Waals surface area (Å²) in [4.78, 5) is 17.3. The van der Waals surface area contributed by atoms with E-state index in [-0.39, 0.29) is 35.5 Å². The van der Waals surface area contributed by atoms with Crippen molar-refractivity contribution in [2.24, 2.45) is 5.92 Å². The number of ketones is 1. The van der Waals surface area contributed by atoms with Crippen molar-refractivity contribution in [1.29, 1.82) is 0 Å². The lowest BCUT2D eigenvalue weighted by Gasteiger charge is -2.44. The monoisotopic (exact) mass is 414 g/mol. The van der Waals surface area contributed by atoms with Crippen LogP contribution in [0.2, 0.25) is 0 Å². The summed E-state index contributed by atoms with van der Waals surface area (Å²) in [6.07, 6.45) is 1.83. The first-order chi connectivity index (χ1) is 14.5. The second kappa shape index (κ2) is 9.33. The molecule has 2 saturated heterocycles. The molecule has 160 valence electrons. The minimum Gasteiger partial charge on any atom is -0.391 e. The van der Waals surface area contributed by atoms with Crippen molar-refractivity contribution in [1.82, 2.24) is 9.80 Å². The fourth-order valence-corrected chi connectivity index (χ4v) is 4.68. The lowest BCUT2D eigenvalue weighted by molar-refractivity contribution is -0.0243. The van der Waals surface area contributed by atoms with Gasteiger partial charge in [0.15, 0.2) is 5.78 Å². The van der Waals surface area contributed by atoms with E-state index in [9.17, 15) is 18.7 Å². The molecule has 2 aromatic rings. The Hall–Kier alpha value is -2.15. The molecule has 0 radical (unpaired) electrons. The summed E-state index contributed by atoms with van der Waals surface area (Å²) in [5.74, 6) is -0.541. The number of carbonyl (C=O) groups is 1. The van der Waals surface area contributed by atoms with Gasteiger partial charge in [0.05, 0.1) is 6.10 Å². The Bertz CT molecular complexity index is 849. The molecule has 2 aliphatic rings. The summed E-state index contributed by atoms with van der Waals surface area (Å²) in [6, 6.07) is 12.4. The van der Waals surface area contributed by atoms with E-state index in [0.717, 1.165) is 51.1 Å². The Morgan fingerprint density at radius 2 is 1.50 bits per heavy atom. The van der Waals surface area contributed by atoms with Crippen molar-refractivity contribution in [3.63, 3.8) is 0 Å². The Balaban J connectivity index is 1.33. The van der Waals surface area contributed by atoms with E-state index >= 15 is 0 Å². The topological polar surface area (TPSA) is 43.8 Å². The molecule has 2 aromatic carbocycles. The molecule has 4 rings (SSSR count). The van der Waals surface area contributed by atoms with E-state index in [2.05, 4.69) is 9.80 Å². The molecule has 0 aliphatic carbocycles. The maximum atomic E-state index is 13.1. The summed E-state index contributed by atoms with van der Waals surface area (Å²) in [5, 5.41) is 10.6. The first kappa shape index (κ1) is 21.1. The van der Waals surface area contributed by atoms with Gasteiger partial charge < -0.3 is 5.11 Å². The van der Waals surface area contributed by atoms with Crippen molar-refractivity contribution < 1.29 is 18.7 Å². The first-order valence-electron chi connectivity index (χ1n) is 10.7. The summed E-state index contributed by atoms with van der Waals surface area (Å²) < 4.78 is 26.3. The number of piperidine rings is 2. The van der Waals surface area contributed by atoms with Gasteiger partial charge in [-0.3, -0.25) is 14.6 Å². The van der Waals surface area contributed by atoms with Crippen molar-refractivity contribution in [3.8, 4) is 0 Å². The fourth-order valence-electron chi connectivity index (χ4n) is 4.68. The third-order valence-corrected chi connectivity index (χ3v) is 6.45. The number of aliphatic hydroxyl groups is 1. The second-order valence-corrected chi connectivity index (χ2v) is 8.47. The number of hydrogen-bond donors (Lipinski definition) is 1. The zero-order valence-corrected chi connectivity index (χ0v) is 17.0. The van der Waals surface area contributed by atoms with Gasteiger partial charge in [0.25, 0.3) is 0 Å². The maximum Gasteiger partial charge on any atom is 0.166 e. The highest BCUT2D eigenvalue weighted by molar-refractivity contribution is 5.97. The molecule has 1 N–H and O–H groups in total. The molecule has 6 heteroatoms. The molecule has 2 aliphatic heterocycles. The standard InChI is InChI=1S/C24H28F2N2O2/c25-20-5-1-17(2-6-20)15-27-12-11-23(29)22(16-27)28-13-9-19(10-14-28)24(30)18-3-7-21(26)8-4-18/h1-8,19,22-23,29H,9-16H2. The van der Waals surface area contributed by atoms with Gasteiger partial charge in [0.2, 0.25) is 0 Å². The molecule has 0 spiro atoms. The summed E-state index contributed by atoms with van der Waals surface area (Å²) in [6.45, 7) is 3.85. The summed E-state index contributed by atoms with van der Waals surface area (Å²) >= 11 is 0. The average Bonchev–Trinajstić information content (AvgIpc) is 2.77. The molecular weight excluding hydrogens is 386 g/mol. The van der Waals surface area contributed by atoms with Crippen LogP contribution in [-0.2, 0) is 6.54 Å². The van der Waals surface area contributed by atoms with Crippen LogP contribution in [0.4, 0.5) is 8.78 Å². The van der Waals surface area contributed by atoms with Gasteiger partial charge in [-0.2, -0.15) is 0 Å². The van der Waals surface area contributed by atoms with Gasteiger partial charge in [-0.1, -0.05) is 12.1 Å². The van der Waals surface area contributed by atoms with Gasteiger partial charge in [-0.05, 0) is 74.3 Å². The van der Waals surface area contributed by atoms with Crippen LogP contribution in [0.3, 0.4) is 0 Å². The molecule has 2 unspecified atom stereocenters. The molecule has 2 atom stereocenters. The molecule has 0 aromatic heterocycles. The zero-order valence-electron chi connectivity index (χ0n) is 17.0. The lowest BCUT2D eigenvalue weighted by atomic mass is 9.87. The number of hydrogen-bond acceptors (Lipinski definition) is 4. The highest BCUT2D eigenvalue weighted by Gasteiger charge is 2.35. The minimum atomic E-state index is -0.376. The van der Waals surface area contributed by atoms with E-state index < -0.39 is 0 Å². The van der Waals surface area contributed by atoms with Gasteiger partial charge >= 0.3 is 0 Å². The van der Waals surface area contributed by atoms with E-state index in [4.69, 9.17) is 0 Å². The SMILES string of the molecule is O=C(c1ccc(F)cc1)C1CCN(C2CN(Cc3ccc(F)cc3)CCC2O)CC1. The van der Waals surface area contributed by atoms with Crippen molar-refractivity contribution in [2.45, 2.75) is 38.0 Å². The number of likely N-dealkylation sites (tertiary alicyclic amines) is 2. The van der Waals surface area contributed by atoms with Crippen LogP contribution in [0.5, 0.6) is 0 Å². The largest absolute Gasteiger partial charge is 0.391 e. The van der Waals surface area contributed by atoms with E-state index in [1.54, 1.807) is 12.1 Å². The van der Waals surface area contributed by atoms with E-state index in [1.165, 1.54) is 24.3 Å². The van der Waals surface area contributed by atoms with Gasteiger partial charge in [0, 0.05) is 37.2 Å². The molecular formula is C24H28F2N2O2. The van der Waals surface area contributed by atoms with Crippen LogP contribution in [0.25, 0.3) is 0 Å². The Kier molecular flexibility index (Phi) is 6.56. The number of Topliss-reactive ketones (excluding diaryl/α,β-unsaturated/α-hetero) is 1. The van der Waals surface area contributed by atoms with Crippen LogP contribution in [0.1, 0.15) is 35.2 Å². The molecule has 2 fully saturated rings. The number of aliphatic hydroxyl groups excluding tert-OH is 1. The van der Waals surface area contributed by atoms with Crippen LogP contribution in [0, 0.1) is 17.6 Å². The number of nitrogens with zero attached hydrogens (tertiary/aromatic N) is 2. The third kappa shape index (κ3) is 4.94. The first-order valence-corrected chi connectivity index (χ1v) is 10.7. The molecule has 30 heavy (non-hydrogen) atoms. The molecule has 0 amide bonds. The van der Waals surface area contributed by atoms with Crippen LogP contribution < -0.4 is 0 Å². The molecule has 4 nitrogen and oxygen atoms in total. The maximum absolute atomic E-state index is 13.1. The fraction of sp³-hybridized carbons (Fsp3) is 0.458. The predicted molar refractivity (Wildman–Crippen MR) is 111 cm³/mol. The van der Waals surface area contributed by atoms with Gasteiger partial charge in [-0.25, -0.2) is 8.78 Å². The average molecular weight is 414 g/mol. The summed E-state index contributed by atoms with van der Waals surface area (Å²) in [5.41, 5.74) is 1.63.